The Kier molecular flexibility index (Phi) is 5.14. The van der Waals surface area contributed by atoms with Crippen LogP contribution in [-0.2, 0) is 4.79 Å². The SMILES string of the molecule is CCOc1cccc(C(=O)Oc2cccc(NC(C)=O)c2)c1. The molecule has 0 heterocycles. The largest absolute Gasteiger partial charge is 0.494 e. The van der Waals surface area contributed by atoms with Crippen LogP contribution in [0.1, 0.15) is 24.2 Å². The highest BCUT2D eigenvalue weighted by Crippen LogP contribution is 2.20. The van der Waals surface area contributed by atoms with E-state index in [1.807, 2.05) is 6.92 Å². The third-order valence-corrected chi connectivity index (χ3v) is 2.75. The summed E-state index contributed by atoms with van der Waals surface area (Å²) < 4.78 is 10.7. The predicted octanol–water partition coefficient (Wildman–Crippen LogP) is 3.26. The highest BCUT2D eigenvalue weighted by Gasteiger charge is 2.10. The maximum atomic E-state index is 12.1. The molecule has 0 atom stereocenters. The van der Waals surface area contributed by atoms with Crippen LogP contribution >= 0.6 is 0 Å². The number of rotatable bonds is 5. The minimum atomic E-state index is -0.485. The van der Waals surface area contributed by atoms with Crippen molar-refractivity contribution in [2.75, 3.05) is 11.9 Å². The Bertz CT molecular complexity index is 682. The highest BCUT2D eigenvalue weighted by atomic mass is 16.5. The van der Waals surface area contributed by atoms with Crippen LogP contribution in [0.15, 0.2) is 48.5 Å². The van der Waals surface area contributed by atoms with E-state index in [0.717, 1.165) is 0 Å². The van der Waals surface area contributed by atoms with E-state index in [4.69, 9.17) is 9.47 Å². The molecule has 0 radical (unpaired) electrons. The van der Waals surface area contributed by atoms with Crippen molar-refractivity contribution in [1.29, 1.82) is 0 Å². The number of ether oxygens (including phenoxy) is 2. The van der Waals surface area contributed by atoms with Crippen molar-refractivity contribution < 1.29 is 19.1 Å². The predicted molar refractivity (Wildman–Crippen MR) is 83.3 cm³/mol. The van der Waals surface area contributed by atoms with Crippen LogP contribution in [0.2, 0.25) is 0 Å². The summed E-state index contributed by atoms with van der Waals surface area (Å²) in [7, 11) is 0. The van der Waals surface area contributed by atoms with Crippen molar-refractivity contribution in [2.45, 2.75) is 13.8 Å². The summed E-state index contributed by atoms with van der Waals surface area (Å²) in [6.45, 7) is 3.81. The number of hydrogen-bond acceptors (Lipinski definition) is 4. The van der Waals surface area contributed by atoms with E-state index < -0.39 is 5.97 Å². The van der Waals surface area contributed by atoms with E-state index in [1.165, 1.54) is 6.92 Å². The first-order valence-corrected chi connectivity index (χ1v) is 6.91. The number of nitrogens with one attached hydrogen (secondary N) is 1. The second-order valence-corrected chi connectivity index (χ2v) is 4.56. The first-order chi connectivity index (χ1) is 10.6. The fourth-order valence-corrected chi connectivity index (χ4v) is 1.89. The second-order valence-electron chi connectivity index (χ2n) is 4.56. The summed E-state index contributed by atoms with van der Waals surface area (Å²) in [4.78, 5) is 23.2. The lowest BCUT2D eigenvalue weighted by Crippen LogP contribution is -2.10. The highest BCUT2D eigenvalue weighted by molar-refractivity contribution is 5.92. The molecular weight excluding hydrogens is 282 g/mol. The van der Waals surface area contributed by atoms with Crippen LogP contribution in [0, 0.1) is 0 Å². The van der Waals surface area contributed by atoms with Gasteiger partial charge in [0.05, 0.1) is 12.2 Å². The smallest absolute Gasteiger partial charge is 0.343 e. The average Bonchev–Trinajstić information content (AvgIpc) is 2.47. The van der Waals surface area contributed by atoms with Crippen molar-refractivity contribution in [2.24, 2.45) is 0 Å². The standard InChI is InChI=1S/C17H17NO4/c1-3-21-15-8-4-6-13(10-15)17(20)22-16-9-5-7-14(11-16)18-12(2)19/h4-11H,3H2,1-2H3,(H,18,19). The number of carbonyl (C=O) groups excluding carboxylic acids is 2. The molecule has 0 saturated heterocycles. The number of anilines is 1. The lowest BCUT2D eigenvalue weighted by Gasteiger charge is -2.08. The summed E-state index contributed by atoms with van der Waals surface area (Å²) in [5.41, 5.74) is 0.969. The van der Waals surface area contributed by atoms with Crippen LogP contribution < -0.4 is 14.8 Å². The van der Waals surface area contributed by atoms with Crippen LogP contribution in [0.3, 0.4) is 0 Å². The van der Waals surface area contributed by atoms with Gasteiger partial charge in [0.25, 0.3) is 0 Å². The van der Waals surface area contributed by atoms with Crippen LogP contribution in [0.4, 0.5) is 5.69 Å². The van der Waals surface area contributed by atoms with E-state index in [-0.39, 0.29) is 5.91 Å². The second kappa shape index (κ2) is 7.26. The fourth-order valence-electron chi connectivity index (χ4n) is 1.89. The third kappa shape index (κ3) is 4.34. The van der Waals surface area contributed by atoms with Crippen LogP contribution in [0.5, 0.6) is 11.5 Å². The normalized spacial score (nSPS) is 9.91. The summed E-state index contributed by atoms with van der Waals surface area (Å²) in [6.07, 6.45) is 0. The van der Waals surface area contributed by atoms with Gasteiger partial charge in [-0.15, -0.1) is 0 Å². The lowest BCUT2D eigenvalue weighted by molar-refractivity contribution is -0.114. The number of amides is 1. The van der Waals surface area contributed by atoms with Crippen molar-refractivity contribution in [3.63, 3.8) is 0 Å². The summed E-state index contributed by atoms with van der Waals surface area (Å²) in [6, 6.07) is 13.4. The molecule has 0 unspecified atom stereocenters. The number of hydrogen-bond donors (Lipinski definition) is 1. The molecule has 0 bridgehead atoms. The van der Waals surface area contributed by atoms with Gasteiger partial charge in [0.1, 0.15) is 11.5 Å². The van der Waals surface area contributed by atoms with Gasteiger partial charge in [-0.05, 0) is 37.3 Å². The van der Waals surface area contributed by atoms with Crippen molar-refractivity contribution >= 4 is 17.6 Å². The first-order valence-electron chi connectivity index (χ1n) is 6.91. The maximum Gasteiger partial charge on any atom is 0.343 e. The van der Waals surface area contributed by atoms with Gasteiger partial charge in [0.2, 0.25) is 5.91 Å². The van der Waals surface area contributed by atoms with Gasteiger partial charge in [-0.1, -0.05) is 12.1 Å². The van der Waals surface area contributed by atoms with Crippen LogP contribution in [0.25, 0.3) is 0 Å². The molecule has 22 heavy (non-hydrogen) atoms. The molecule has 0 aliphatic rings. The number of carbonyl (C=O) groups is 2. The Labute approximate surface area is 128 Å². The zero-order valence-corrected chi connectivity index (χ0v) is 12.5. The molecule has 114 valence electrons. The van der Waals surface area contributed by atoms with Gasteiger partial charge in [-0.2, -0.15) is 0 Å². The van der Waals surface area contributed by atoms with Crippen LogP contribution in [-0.4, -0.2) is 18.5 Å². The molecule has 0 saturated carbocycles. The molecule has 0 aromatic heterocycles. The average molecular weight is 299 g/mol. The van der Waals surface area contributed by atoms with E-state index in [1.54, 1.807) is 48.5 Å². The molecule has 5 nitrogen and oxygen atoms in total. The minimum Gasteiger partial charge on any atom is -0.494 e. The van der Waals surface area contributed by atoms with Gasteiger partial charge < -0.3 is 14.8 Å². The molecular formula is C17H17NO4. The molecule has 1 amide bonds. The maximum absolute atomic E-state index is 12.1. The van der Waals surface area contributed by atoms with Gasteiger partial charge >= 0.3 is 5.97 Å². The first kappa shape index (κ1) is 15.6. The minimum absolute atomic E-state index is 0.187. The van der Waals surface area contributed by atoms with E-state index in [2.05, 4.69) is 5.32 Å². The lowest BCUT2D eigenvalue weighted by atomic mass is 10.2. The Morgan fingerprint density at radius 1 is 1.05 bits per heavy atom. The molecule has 2 rings (SSSR count). The number of esters is 1. The fraction of sp³-hybridized carbons (Fsp3) is 0.176. The van der Waals surface area contributed by atoms with Crippen molar-refractivity contribution in [3.8, 4) is 11.5 Å². The molecule has 5 heteroatoms. The van der Waals surface area contributed by atoms with Gasteiger partial charge in [-0.25, -0.2) is 4.79 Å². The topological polar surface area (TPSA) is 64.6 Å². The molecule has 0 aliphatic heterocycles. The van der Waals surface area contributed by atoms with Crippen molar-refractivity contribution in [3.05, 3.63) is 54.1 Å². The summed E-state index contributed by atoms with van der Waals surface area (Å²) in [5.74, 6) is 0.302. The van der Waals surface area contributed by atoms with E-state index in [0.29, 0.717) is 29.4 Å². The van der Waals surface area contributed by atoms with E-state index in [9.17, 15) is 9.59 Å². The summed E-state index contributed by atoms with van der Waals surface area (Å²) >= 11 is 0. The van der Waals surface area contributed by atoms with Crippen molar-refractivity contribution in [1.82, 2.24) is 0 Å². The Hall–Kier alpha value is -2.82. The quantitative estimate of drug-likeness (QED) is 0.680. The molecule has 1 N–H and O–H groups in total. The molecule has 2 aromatic rings. The Morgan fingerprint density at radius 3 is 2.50 bits per heavy atom. The molecule has 2 aromatic carbocycles. The molecule has 0 aliphatic carbocycles. The third-order valence-electron chi connectivity index (χ3n) is 2.75. The molecule has 0 fully saturated rings. The number of benzene rings is 2. The molecule has 0 spiro atoms. The summed E-state index contributed by atoms with van der Waals surface area (Å²) in [5, 5.41) is 2.63. The van der Waals surface area contributed by atoms with Gasteiger partial charge in [0, 0.05) is 18.7 Å². The zero-order chi connectivity index (χ0) is 15.9. The Morgan fingerprint density at radius 2 is 1.77 bits per heavy atom. The Balaban J connectivity index is 2.11. The van der Waals surface area contributed by atoms with Gasteiger partial charge in [0.15, 0.2) is 0 Å². The van der Waals surface area contributed by atoms with Gasteiger partial charge in [-0.3, -0.25) is 4.79 Å². The zero-order valence-electron chi connectivity index (χ0n) is 12.5. The van der Waals surface area contributed by atoms with E-state index >= 15 is 0 Å². The monoisotopic (exact) mass is 299 g/mol.